The fourth-order valence-electron chi connectivity index (χ4n) is 6.57. The van der Waals surface area contributed by atoms with E-state index in [0.29, 0.717) is 58.3 Å². The van der Waals surface area contributed by atoms with Crippen LogP contribution in [0.15, 0.2) is 24.3 Å². The van der Waals surface area contributed by atoms with Crippen LogP contribution in [0.5, 0.6) is 28.7 Å². The normalized spacial score (nSPS) is 24.6. The molecule has 2 saturated heterocycles. The number of rotatable bonds is 8. The molecule has 0 bridgehead atoms. The predicted octanol–water partition coefficient (Wildman–Crippen LogP) is 2.07. The number of methoxy groups -OCH3 is 3. The molecule has 2 fully saturated rings. The Morgan fingerprint density at radius 1 is 0.932 bits per heavy atom. The number of benzene rings is 2. The number of esters is 1. The van der Waals surface area contributed by atoms with Crippen LogP contribution in [0.25, 0.3) is 0 Å². The molecule has 0 spiro atoms. The third-order valence-corrected chi connectivity index (χ3v) is 9.74. The fourth-order valence-corrected chi connectivity index (χ4v) is 7.57. The molecular weight excluding hydrogens is 598 g/mol. The Hall–Kier alpha value is -3.95. The molecule has 4 atom stereocenters. The summed E-state index contributed by atoms with van der Waals surface area (Å²) in [5, 5.41) is 0. The maximum atomic E-state index is 13.3. The minimum atomic E-state index is -4.22. The van der Waals surface area contributed by atoms with Gasteiger partial charge in [0.25, 0.3) is 0 Å². The Morgan fingerprint density at radius 3 is 2.18 bits per heavy atom. The van der Waals surface area contributed by atoms with Gasteiger partial charge in [-0.1, -0.05) is 0 Å². The van der Waals surface area contributed by atoms with Gasteiger partial charge in [-0.3, -0.25) is 4.79 Å². The molecule has 3 aliphatic heterocycles. The lowest BCUT2D eigenvalue weighted by Gasteiger charge is -2.38. The highest BCUT2D eigenvalue weighted by atomic mass is 32.2. The number of carbonyl (C=O) groups is 2. The number of likely N-dealkylation sites (tertiary alicyclic amines) is 1. The molecule has 1 amide bonds. The number of nitrogens with zero attached hydrogens (tertiary/aromatic N) is 1. The fraction of sp³-hybridized carbons (Fsp3) is 0.517. The second-order valence-corrected chi connectivity index (χ2v) is 12.7. The van der Waals surface area contributed by atoms with Crippen LogP contribution in [-0.4, -0.2) is 86.3 Å². The van der Waals surface area contributed by atoms with Gasteiger partial charge in [0.1, 0.15) is 6.10 Å². The Kier molecular flexibility index (Phi) is 8.11. The molecule has 0 aromatic heterocycles. The van der Waals surface area contributed by atoms with Gasteiger partial charge in [0.2, 0.25) is 12.5 Å². The lowest BCUT2D eigenvalue weighted by Crippen LogP contribution is -2.49. The summed E-state index contributed by atoms with van der Waals surface area (Å²) >= 11 is 0. The molecule has 0 unspecified atom stereocenters. The average Bonchev–Trinajstić information content (AvgIpc) is 3.62. The number of hydrogen-bond donors (Lipinski definition) is 2. The summed E-state index contributed by atoms with van der Waals surface area (Å²) in [6, 6.07) is 6.66. The van der Waals surface area contributed by atoms with Gasteiger partial charge in [0.15, 0.2) is 23.0 Å². The van der Waals surface area contributed by atoms with Gasteiger partial charge in [-0.15, -0.1) is 0 Å². The second-order valence-electron chi connectivity index (χ2n) is 11.2. The van der Waals surface area contributed by atoms with Crippen LogP contribution < -0.4 is 33.1 Å². The Balaban J connectivity index is 1.36. The van der Waals surface area contributed by atoms with E-state index in [1.807, 2.05) is 11.8 Å². The number of carbonyl (C=O) groups excluding carboxylic acids is 2. The van der Waals surface area contributed by atoms with E-state index in [9.17, 15) is 18.0 Å². The van der Waals surface area contributed by atoms with Crippen LogP contribution in [0, 0.1) is 11.8 Å². The highest BCUT2D eigenvalue weighted by Gasteiger charge is 2.54. The van der Waals surface area contributed by atoms with E-state index in [4.69, 9.17) is 33.2 Å². The van der Waals surface area contributed by atoms with Crippen molar-refractivity contribution in [2.75, 3.05) is 54.9 Å². The van der Waals surface area contributed by atoms with Crippen molar-refractivity contribution in [3.05, 3.63) is 41.0 Å². The molecule has 15 heteroatoms. The van der Waals surface area contributed by atoms with Crippen LogP contribution in [0.4, 0.5) is 4.79 Å². The SMILES string of the molecule is COc1cc([C@@H]2c3cc4c(cc3[C@H](OC(=O)NS(=O)(=O)NC3CCN(C)CC3)[C@H]3COC(=O)[C@H]23)OCO4)cc(OC)c1OC. The zero-order chi connectivity index (χ0) is 31.2. The molecule has 44 heavy (non-hydrogen) atoms. The maximum Gasteiger partial charge on any atom is 0.422 e. The average molecular weight is 634 g/mol. The van der Waals surface area contributed by atoms with Crippen molar-refractivity contribution >= 4 is 22.3 Å². The van der Waals surface area contributed by atoms with Gasteiger partial charge in [-0.25, -0.2) is 9.52 Å². The van der Waals surface area contributed by atoms with E-state index in [1.165, 1.54) is 21.3 Å². The molecule has 2 N–H and O–H groups in total. The minimum Gasteiger partial charge on any atom is -0.493 e. The number of nitrogens with one attached hydrogen (secondary N) is 2. The van der Waals surface area contributed by atoms with Crippen LogP contribution in [-0.2, 0) is 24.5 Å². The zero-order valence-electron chi connectivity index (χ0n) is 24.8. The van der Waals surface area contributed by atoms with E-state index in [2.05, 4.69) is 9.62 Å². The maximum absolute atomic E-state index is 13.3. The molecule has 6 rings (SSSR count). The summed E-state index contributed by atoms with van der Waals surface area (Å²) in [5.74, 6) is -0.445. The van der Waals surface area contributed by atoms with Gasteiger partial charge >= 0.3 is 22.3 Å². The van der Waals surface area contributed by atoms with Crippen LogP contribution >= 0.6 is 0 Å². The quantitative estimate of drug-likeness (QED) is 0.408. The number of ether oxygens (including phenoxy) is 7. The molecule has 0 radical (unpaired) electrons. The van der Waals surface area contributed by atoms with Crippen LogP contribution in [0.2, 0.25) is 0 Å². The number of cyclic esters (lactones) is 1. The first-order valence-corrected chi connectivity index (χ1v) is 15.7. The zero-order valence-corrected chi connectivity index (χ0v) is 25.6. The van der Waals surface area contributed by atoms with Crippen LogP contribution in [0.1, 0.15) is 41.6 Å². The molecule has 1 aliphatic carbocycles. The molecular formula is C29H35N3O11S. The number of amides is 1. The summed E-state index contributed by atoms with van der Waals surface area (Å²) < 4.78 is 69.5. The number of fused-ring (bicyclic) bond motifs is 3. The van der Waals surface area contributed by atoms with E-state index >= 15 is 0 Å². The lowest BCUT2D eigenvalue weighted by atomic mass is 9.66. The van der Waals surface area contributed by atoms with Gasteiger partial charge in [-0.2, -0.15) is 13.1 Å². The van der Waals surface area contributed by atoms with Crippen molar-refractivity contribution in [3.63, 3.8) is 0 Å². The van der Waals surface area contributed by atoms with Crippen molar-refractivity contribution in [1.29, 1.82) is 0 Å². The molecule has 3 heterocycles. The Bertz CT molecular complexity index is 1530. The van der Waals surface area contributed by atoms with Crippen LogP contribution in [0.3, 0.4) is 0 Å². The second kappa shape index (κ2) is 11.9. The summed E-state index contributed by atoms with van der Waals surface area (Å²) in [4.78, 5) is 28.6. The molecule has 2 aromatic carbocycles. The minimum absolute atomic E-state index is 0.00510. The number of piperidine rings is 1. The molecule has 0 saturated carbocycles. The predicted molar refractivity (Wildman–Crippen MR) is 153 cm³/mol. The van der Waals surface area contributed by atoms with E-state index < -0.39 is 46.1 Å². The van der Waals surface area contributed by atoms with Crippen molar-refractivity contribution in [2.45, 2.75) is 30.9 Å². The van der Waals surface area contributed by atoms with Crippen molar-refractivity contribution < 1.29 is 51.2 Å². The van der Waals surface area contributed by atoms with Gasteiger partial charge in [0, 0.05) is 23.4 Å². The Labute approximate surface area is 255 Å². The largest absolute Gasteiger partial charge is 0.493 e. The monoisotopic (exact) mass is 633 g/mol. The van der Waals surface area contributed by atoms with Crippen molar-refractivity contribution in [3.8, 4) is 28.7 Å². The van der Waals surface area contributed by atoms with E-state index in [-0.39, 0.29) is 19.4 Å². The first kappa shape index (κ1) is 30.1. The molecule has 4 aliphatic rings. The summed E-state index contributed by atoms with van der Waals surface area (Å²) in [6.45, 7) is 1.42. The first-order chi connectivity index (χ1) is 21.1. The topological polar surface area (TPSA) is 160 Å². The summed E-state index contributed by atoms with van der Waals surface area (Å²) in [7, 11) is 2.24. The summed E-state index contributed by atoms with van der Waals surface area (Å²) in [5.41, 5.74) is 1.82. The highest BCUT2D eigenvalue weighted by Crippen LogP contribution is 2.56. The first-order valence-electron chi connectivity index (χ1n) is 14.2. The van der Waals surface area contributed by atoms with Gasteiger partial charge in [-0.05, 0) is 68.4 Å². The smallest absolute Gasteiger partial charge is 0.422 e. The molecule has 2 aromatic rings. The Morgan fingerprint density at radius 2 is 1.57 bits per heavy atom. The summed E-state index contributed by atoms with van der Waals surface area (Å²) in [6.07, 6.45) is -0.987. The third kappa shape index (κ3) is 5.55. The lowest BCUT2D eigenvalue weighted by molar-refractivity contribution is -0.141. The highest BCUT2D eigenvalue weighted by molar-refractivity contribution is 7.88. The van der Waals surface area contributed by atoms with Gasteiger partial charge in [0.05, 0.1) is 33.9 Å². The molecule has 238 valence electrons. The van der Waals surface area contributed by atoms with E-state index in [0.717, 1.165) is 13.1 Å². The van der Waals surface area contributed by atoms with Crippen molar-refractivity contribution in [1.82, 2.24) is 14.3 Å². The van der Waals surface area contributed by atoms with Gasteiger partial charge < -0.3 is 38.1 Å². The van der Waals surface area contributed by atoms with E-state index in [1.54, 1.807) is 24.3 Å². The molecule has 14 nitrogen and oxygen atoms in total. The number of hydrogen-bond acceptors (Lipinski definition) is 12. The third-order valence-electron chi connectivity index (χ3n) is 8.66. The van der Waals surface area contributed by atoms with Crippen molar-refractivity contribution in [2.24, 2.45) is 11.8 Å². The standard InChI is InChI=1S/C29H35N3O11S/c1-32-7-5-16(6-8-32)30-44(35,36)31-29(34)43-26-18-12-21-20(41-14-42-21)11-17(18)24(25-19(26)13-40-28(25)33)15-9-22(37-2)27(39-4)23(10-15)38-3/h9-12,16,19,24-26,30H,5-8,13-14H2,1-4H3,(H,31,34)/t19-,24+,25-,26-/m0/s1.